The van der Waals surface area contributed by atoms with Gasteiger partial charge in [-0.3, -0.25) is 4.79 Å². The smallest absolute Gasteiger partial charge is 0.253 e. The van der Waals surface area contributed by atoms with E-state index in [0.29, 0.717) is 12.2 Å². The highest BCUT2D eigenvalue weighted by molar-refractivity contribution is 5.94. The van der Waals surface area contributed by atoms with Crippen molar-refractivity contribution in [3.05, 3.63) is 65.7 Å². The van der Waals surface area contributed by atoms with Crippen molar-refractivity contribution in [1.29, 1.82) is 0 Å². The van der Waals surface area contributed by atoms with Gasteiger partial charge in [-0.1, -0.05) is 30.3 Å². The standard InChI is InChI=1S/C22H27NO3/c1-23(15-5-9-18-7-3-2-4-8-18)22(24)19-11-13-20(14-12-19)26-17-21-10-6-16-25-21/h2-4,7-8,11-14,21H,5-6,9-10,15-17H2,1H3. The van der Waals surface area contributed by atoms with E-state index in [0.717, 1.165) is 44.6 Å². The molecular weight excluding hydrogens is 326 g/mol. The van der Waals surface area contributed by atoms with Crippen molar-refractivity contribution in [2.24, 2.45) is 0 Å². The zero-order valence-electron chi connectivity index (χ0n) is 15.4. The fraction of sp³-hybridized carbons (Fsp3) is 0.409. The van der Waals surface area contributed by atoms with Crippen LogP contribution in [0.4, 0.5) is 0 Å². The van der Waals surface area contributed by atoms with Crippen LogP contribution in [-0.4, -0.2) is 43.7 Å². The van der Waals surface area contributed by atoms with Crippen LogP contribution in [0.2, 0.25) is 0 Å². The maximum atomic E-state index is 12.5. The van der Waals surface area contributed by atoms with Crippen molar-refractivity contribution in [1.82, 2.24) is 4.90 Å². The lowest BCUT2D eigenvalue weighted by atomic mass is 10.1. The second kappa shape index (κ2) is 9.39. The average Bonchev–Trinajstić information content (AvgIpc) is 3.20. The maximum Gasteiger partial charge on any atom is 0.253 e. The Morgan fingerprint density at radius 2 is 1.92 bits per heavy atom. The fourth-order valence-corrected chi connectivity index (χ4v) is 3.15. The largest absolute Gasteiger partial charge is 0.491 e. The predicted octanol–water partition coefficient (Wildman–Crippen LogP) is 3.95. The average molecular weight is 353 g/mol. The molecule has 138 valence electrons. The van der Waals surface area contributed by atoms with Crippen LogP contribution in [0.25, 0.3) is 0 Å². The first kappa shape index (κ1) is 18.5. The van der Waals surface area contributed by atoms with Gasteiger partial charge in [0.05, 0.1) is 6.10 Å². The minimum atomic E-state index is 0.0451. The number of aryl methyl sites for hydroxylation is 1. The van der Waals surface area contributed by atoms with Gasteiger partial charge in [-0.15, -0.1) is 0 Å². The molecule has 1 heterocycles. The minimum Gasteiger partial charge on any atom is -0.491 e. The Bertz CT molecular complexity index is 678. The lowest BCUT2D eigenvalue weighted by Crippen LogP contribution is -2.28. The summed E-state index contributed by atoms with van der Waals surface area (Å²) >= 11 is 0. The molecule has 0 spiro atoms. The molecule has 3 rings (SSSR count). The van der Waals surface area contributed by atoms with Gasteiger partial charge in [0.2, 0.25) is 0 Å². The molecule has 0 bridgehead atoms. The fourth-order valence-electron chi connectivity index (χ4n) is 3.15. The molecule has 0 aliphatic carbocycles. The first-order valence-corrected chi connectivity index (χ1v) is 9.36. The Hall–Kier alpha value is -2.33. The number of nitrogens with zero attached hydrogens (tertiary/aromatic N) is 1. The van der Waals surface area contributed by atoms with E-state index in [9.17, 15) is 4.79 Å². The van der Waals surface area contributed by atoms with Crippen molar-refractivity contribution < 1.29 is 14.3 Å². The molecule has 0 saturated carbocycles. The lowest BCUT2D eigenvalue weighted by Gasteiger charge is -2.17. The topological polar surface area (TPSA) is 38.8 Å². The van der Waals surface area contributed by atoms with Crippen LogP contribution in [0, 0.1) is 0 Å². The number of rotatable bonds is 8. The molecule has 1 aliphatic rings. The van der Waals surface area contributed by atoms with Crippen LogP contribution in [0.5, 0.6) is 5.75 Å². The second-order valence-corrected chi connectivity index (χ2v) is 6.79. The Kier molecular flexibility index (Phi) is 6.67. The Balaban J connectivity index is 1.44. The van der Waals surface area contributed by atoms with E-state index in [1.165, 1.54) is 5.56 Å². The predicted molar refractivity (Wildman–Crippen MR) is 103 cm³/mol. The molecule has 2 aromatic rings. The Labute approximate surface area is 155 Å². The quantitative estimate of drug-likeness (QED) is 0.721. The Morgan fingerprint density at radius 1 is 1.15 bits per heavy atom. The zero-order chi connectivity index (χ0) is 18.2. The number of carbonyl (C=O) groups excluding carboxylic acids is 1. The van der Waals surface area contributed by atoms with Crippen LogP contribution < -0.4 is 4.74 Å². The Morgan fingerprint density at radius 3 is 2.62 bits per heavy atom. The second-order valence-electron chi connectivity index (χ2n) is 6.79. The molecule has 0 aromatic heterocycles. The highest BCUT2D eigenvalue weighted by Gasteiger charge is 2.16. The van der Waals surface area contributed by atoms with Gasteiger partial charge in [0, 0.05) is 25.8 Å². The normalized spacial score (nSPS) is 16.4. The number of hydrogen-bond donors (Lipinski definition) is 0. The molecule has 4 nitrogen and oxygen atoms in total. The van der Waals surface area contributed by atoms with Gasteiger partial charge >= 0.3 is 0 Å². The maximum absolute atomic E-state index is 12.5. The molecule has 0 N–H and O–H groups in total. The molecule has 1 aliphatic heterocycles. The van der Waals surface area contributed by atoms with Crippen LogP contribution in [0.3, 0.4) is 0 Å². The third-order valence-electron chi connectivity index (χ3n) is 4.71. The van der Waals surface area contributed by atoms with Crippen molar-refractivity contribution >= 4 is 5.91 Å². The summed E-state index contributed by atoms with van der Waals surface area (Å²) in [5.41, 5.74) is 2.00. The SMILES string of the molecule is CN(CCCc1ccccc1)C(=O)c1ccc(OCC2CCCO2)cc1. The molecule has 26 heavy (non-hydrogen) atoms. The van der Waals surface area contributed by atoms with Gasteiger partial charge in [-0.2, -0.15) is 0 Å². The number of hydrogen-bond acceptors (Lipinski definition) is 3. The molecule has 1 unspecified atom stereocenters. The summed E-state index contributed by atoms with van der Waals surface area (Å²) < 4.78 is 11.3. The zero-order valence-corrected chi connectivity index (χ0v) is 15.4. The van der Waals surface area contributed by atoms with Gasteiger partial charge in [-0.25, -0.2) is 0 Å². The van der Waals surface area contributed by atoms with E-state index < -0.39 is 0 Å². The first-order valence-electron chi connectivity index (χ1n) is 9.36. The van der Waals surface area contributed by atoms with Crippen LogP contribution in [0.15, 0.2) is 54.6 Å². The summed E-state index contributed by atoms with van der Waals surface area (Å²) in [6, 6.07) is 17.8. The number of ether oxygens (including phenoxy) is 2. The van der Waals surface area contributed by atoms with Crippen molar-refractivity contribution in [2.75, 3.05) is 26.8 Å². The molecule has 0 radical (unpaired) electrons. The highest BCUT2D eigenvalue weighted by atomic mass is 16.5. The van der Waals surface area contributed by atoms with Crippen molar-refractivity contribution in [3.8, 4) is 5.75 Å². The van der Waals surface area contributed by atoms with E-state index in [-0.39, 0.29) is 12.0 Å². The van der Waals surface area contributed by atoms with Crippen molar-refractivity contribution in [2.45, 2.75) is 31.8 Å². The first-order chi connectivity index (χ1) is 12.7. The summed E-state index contributed by atoms with van der Waals surface area (Å²) in [6.45, 7) is 2.15. The third-order valence-corrected chi connectivity index (χ3v) is 4.71. The van der Waals surface area contributed by atoms with Gasteiger partial charge in [0.1, 0.15) is 12.4 Å². The summed E-state index contributed by atoms with van der Waals surface area (Å²) in [6.07, 6.45) is 4.30. The summed E-state index contributed by atoms with van der Waals surface area (Å²) in [7, 11) is 1.86. The molecule has 1 atom stereocenters. The lowest BCUT2D eigenvalue weighted by molar-refractivity contribution is 0.0679. The van der Waals surface area contributed by atoms with E-state index in [4.69, 9.17) is 9.47 Å². The van der Waals surface area contributed by atoms with Crippen LogP contribution in [-0.2, 0) is 11.2 Å². The third kappa shape index (κ3) is 5.33. The van der Waals surface area contributed by atoms with E-state index in [1.54, 1.807) is 4.90 Å². The molecule has 1 amide bonds. The van der Waals surface area contributed by atoms with Gasteiger partial charge < -0.3 is 14.4 Å². The monoisotopic (exact) mass is 353 g/mol. The molecule has 1 fully saturated rings. The summed E-state index contributed by atoms with van der Waals surface area (Å²) in [5, 5.41) is 0. The van der Waals surface area contributed by atoms with Gasteiger partial charge in [0.15, 0.2) is 0 Å². The van der Waals surface area contributed by atoms with E-state index in [1.807, 2.05) is 49.5 Å². The van der Waals surface area contributed by atoms with Crippen molar-refractivity contribution in [3.63, 3.8) is 0 Å². The molecule has 1 saturated heterocycles. The molecule has 4 heteroatoms. The van der Waals surface area contributed by atoms with Crippen LogP contribution >= 0.6 is 0 Å². The number of benzene rings is 2. The van der Waals surface area contributed by atoms with Gasteiger partial charge in [0.25, 0.3) is 5.91 Å². The molecule has 2 aromatic carbocycles. The summed E-state index contributed by atoms with van der Waals surface area (Å²) in [4.78, 5) is 14.3. The number of carbonyl (C=O) groups is 1. The minimum absolute atomic E-state index is 0.0451. The van der Waals surface area contributed by atoms with Gasteiger partial charge in [-0.05, 0) is 55.5 Å². The summed E-state index contributed by atoms with van der Waals surface area (Å²) in [5.74, 6) is 0.826. The van der Waals surface area contributed by atoms with E-state index >= 15 is 0 Å². The molecular formula is C22H27NO3. The highest BCUT2D eigenvalue weighted by Crippen LogP contribution is 2.17. The number of amides is 1. The van der Waals surface area contributed by atoms with E-state index in [2.05, 4.69) is 12.1 Å². The van der Waals surface area contributed by atoms with Crippen LogP contribution in [0.1, 0.15) is 35.2 Å².